The molecule has 142 valence electrons. The zero-order valence-electron chi connectivity index (χ0n) is 14.2. The molecule has 0 unspecified atom stereocenters. The predicted octanol–water partition coefficient (Wildman–Crippen LogP) is 1.91. The van der Waals surface area contributed by atoms with Gasteiger partial charge in [0, 0.05) is 18.8 Å². The number of nitrogens with two attached hydrogens (primary N) is 1. The van der Waals surface area contributed by atoms with Crippen molar-refractivity contribution in [2.75, 3.05) is 11.9 Å². The molecule has 0 aromatic carbocycles. The molecule has 26 heavy (non-hydrogen) atoms. The first-order valence-corrected chi connectivity index (χ1v) is 8.88. The Labute approximate surface area is 160 Å². The molecule has 2 amide bonds. The van der Waals surface area contributed by atoms with E-state index in [9.17, 15) is 9.59 Å². The lowest BCUT2D eigenvalue weighted by atomic mass is 10.2. The zero-order chi connectivity index (χ0) is 17.8. The fourth-order valence-electron chi connectivity index (χ4n) is 2.52. The molecule has 2 aromatic heterocycles. The second-order valence-electron chi connectivity index (χ2n) is 5.76. The third kappa shape index (κ3) is 5.04. The van der Waals surface area contributed by atoms with E-state index >= 15 is 0 Å². The number of anilines is 1. The highest BCUT2D eigenvalue weighted by Crippen LogP contribution is 2.27. The van der Waals surface area contributed by atoms with Crippen LogP contribution in [0.5, 0.6) is 0 Å². The predicted molar refractivity (Wildman–Crippen MR) is 100 cm³/mol. The maximum atomic E-state index is 12.2. The number of rotatable bonds is 6. The van der Waals surface area contributed by atoms with Crippen molar-refractivity contribution < 1.29 is 18.7 Å². The average molecular weight is 401 g/mol. The van der Waals surface area contributed by atoms with E-state index in [2.05, 4.69) is 15.6 Å². The molecule has 0 bridgehead atoms. The number of hydrogen-bond acceptors (Lipinski definition) is 7. The van der Waals surface area contributed by atoms with E-state index in [0.29, 0.717) is 41.9 Å². The summed E-state index contributed by atoms with van der Waals surface area (Å²) >= 11 is 1.31. The summed E-state index contributed by atoms with van der Waals surface area (Å²) < 4.78 is 11.2. The number of carbonyl (C=O) groups excluding carboxylic acids is 2. The van der Waals surface area contributed by atoms with E-state index in [1.165, 1.54) is 18.3 Å². The van der Waals surface area contributed by atoms with Crippen molar-refractivity contribution >= 4 is 40.7 Å². The number of carbonyl (C=O) groups is 2. The molecule has 1 saturated heterocycles. The highest BCUT2D eigenvalue weighted by atomic mass is 35.5. The Morgan fingerprint density at radius 3 is 2.88 bits per heavy atom. The lowest BCUT2D eigenvalue weighted by molar-refractivity contribution is -0.126. The summed E-state index contributed by atoms with van der Waals surface area (Å²) in [5, 5.41) is 7.72. The van der Waals surface area contributed by atoms with Crippen LogP contribution in [0.2, 0.25) is 0 Å². The highest BCUT2D eigenvalue weighted by molar-refractivity contribution is 7.14. The van der Waals surface area contributed by atoms with E-state index in [-0.39, 0.29) is 30.3 Å². The van der Waals surface area contributed by atoms with Crippen LogP contribution in [0, 0.1) is 0 Å². The molecule has 0 aliphatic carbocycles. The normalized spacial score (nSPS) is 19.0. The molecule has 1 aliphatic rings. The molecule has 1 fully saturated rings. The van der Waals surface area contributed by atoms with E-state index in [1.807, 2.05) is 0 Å². The van der Waals surface area contributed by atoms with Crippen molar-refractivity contribution in [1.82, 2.24) is 10.3 Å². The summed E-state index contributed by atoms with van der Waals surface area (Å²) in [6.07, 6.45) is 0.930. The van der Waals surface area contributed by atoms with Crippen LogP contribution in [0.3, 0.4) is 0 Å². The summed E-state index contributed by atoms with van der Waals surface area (Å²) in [6, 6.07) is 3.56. The van der Waals surface area contributed by atoms with Gasteiger partial charge in [-0.25, -0.2) is 4.98 Å². The minimum atomic E-state index is -0.478. The summed E-state index contributed by atoms with van der Waals surface area (Å²) in [5.74, 6) is 0.888. The maximum absolute atomic E-state index is 12.2. The first kappa shape index (κ1) is 20.4. The Balaban J connectivity index is 0.00000243. The number of ether oxygens (including phenoxy) is 1. The third-order valence-electron chi connectivity index (χ3n) is 3.82. The molecule has 0 radical (unpaired) electrons. The maximum Gasteiger partial charge on any atom is 0.255 e. The van der Waals surface area contributed by atoms with Gasteiger partial charge in [0.25, 0.3) is 5.91 Å². The van der Waals surface area contributed by atoms with E-state index < -0.39 is 6.10 Å². The molecule has 10 heteroatoms. The molecule has 2 aromatic rings. The molecular formula is C16H21ClN4O4S. The summed E-state index contributed by atoms with van der Waals surface area (Å²) in [5.41, 5.74) is 6.18. The lowest BCUT2D eigenvalue weighted by Crippen LogP contribution is -2.29. The number of nitrogens with one attached hydrogen (secondary N) is 2. The molecule has 3 heterocycles. The van der Waals surface area contributed by atoms with Gasteiger partial charge in [0.2, 0.25) is 5.91 Å². The highest BCUT2D eigenvalue weighted by Gasteiger charge is 2.30. The quantitative estimate of drug-likeness (QED) is 0.681. The van der Waals surface area contributed by atoms with Gasteiger partial charge >= 0.3 is 0 Å². The average Bonchev–Trinajstić information content (AvgIpc) is 3.32. The minimum absolute atomic E-state index is 0. The smallest absolute Gasteiger partial charge is 0.255 e. The van der Waals surface area contributed by atoms with Gasteiger partial charge in [-0.05, 0) is 25.0 Å². The SMILES string of the molecule is CC(=O)NCc1ccc(-c2csc(NC(=O)[C@@H]3CC[C@H](CN)O3)n2)o1.Cl. The van der Waals surface area contributed by atoms with Crippen molar-refractivity contribution in [3.8, 4) is 11.5 Å². The Hall–Kier alpha value is -1.94. The fraction of sp³-hybridized carbons (Fsp3) is 0.438. The van der Waals surface area contributed by atoms with Gasteiger partial charge < -0.3 is 20.2 Å². The number of thiazole rings is 1. The fourth-order valence-corrected chi connectivity index (χ4v) is 3.23. The summed E-state index contributed by atoms with van der Waals surface area (Å²) in [6.45, 7) is 2.19. The topological polar surface area (TPSA) is 119 Å². The Morgan fingerprint density at radius 2 is 2.19 bits per heavy atom. The van der Waals surface area contributed by atoms with Gasteiger partial charge in [-0.1, -0.05) is 0 Å². The van der Waals surface area contributed by atoms with E-state index in [0.717, 1.165) is 6.42 Å². The molecule has 1 aliphatic heterocycles. The van der Waals surface area contributed by atoms with Crippen molar-refractivity contribution in [3.05, 3.63) is 23.3 Å². The number of halogens is 1. The van der Waals surface area contributed by atoms with Gasteiger partial charge in [-0.15, -0.1) is 23.7 Å². The minimum Gasteiger partial charge on any atom is -0.458 e. The second-order valence-corrected chi connectivity index (χ2v) is 6.62. The van der Waals surface area contributed by atoms with Crippen LogP contribution in [0.4, 0.5) is 5.13 Å². The number of aromatic nitrogens is 1. The zero-order valence-corrected chi connectivity index (χ0v) is 15.8. The van der Waals surface area contributed by atoms with Crippen LogP contribution in [0.15, 0.2) is 21.9 Å². The largest absolute Gasteiger partial charge is 0.458 e. The van der Waals surface area contributed by atoms with Crippen molar-refractivity contribution in [2.24, 2.45) is 5.73 Å². The molecule has 3 rings (SSSR count). The lowest BCUT2D eigenvalue weighted by Gasteiger charge is -2.11. The van der Waals surface area contributed by atoms with Gasteiger partial charge in [0.05, 0.1) is 12.6 Å². The number of nitrogens with zero attached hydrogens (tertiary/aromatic N) is 1. The summed E-state index contributed by atoms with van der Waals surface area (Å²) in [4.78, 5) is 27.5. The van der Waals surface area contributed by atoms with Gasteiger partial charge in [-0.2, -0.15) is 0 Å². The first-order chi connectivity index (χ1) is 12.0. The van der Waals surface area contributed by atoms with Crippen LogP contribution in [-0.2, 0) is 20.9 Å². The van der Waals surface area contributed by atoms with Gasteiger partial charge in [-0.3, -0.25) is 14.9 Å². The molecule has 8 nitrogen and oxygen atoms in total. The molecular weight excluding hydrogens is 380 g/mol. The standard InChI is InChI=1S/C16H20N4O4S.ClH/c1-9(21)18-7-11-3-4-13(24-11)12-8-25-16(19-12)20-15(22)14-5-2-10(6-17)23-14;/h3-4,8,10,14H,2,5-7,17H2,1H3,(H,18,21)(H,19,20,22);1H/t10-,14+;/m1./s1. The van der Waals surface area contributed by atoms with Crippen LogP contribution in [-0.4, -0.2) is 35.6 Å². The molecule has 0 saturated carbocycles. The number of hydrogen-bond donors (Lipinski definition) is 3. The Bertz CT molecular complexity index is 763. The Morgan fingerprint density at radius 1 is 1.38 bits per heavy atom. The van der Waals surface area contributed by atoms with Crippen LogP contribution in [0.1, 0.15) is 25.5 Å². The van der Waals surface area contributed by atoms with E-state index in [1.54, 1.807) is 17.5 Å². The van der Waals surface area contributed by atoms with Gasteiger partial charge in [0.15, 0.2) is 10.9 Å². The van der Waals surface area contributed by atoms with Crippen molar-refractivity contribution in [2.45, 2.75) is 38.5 Å². The van der Waals surface area contributed by atoms with E-state index in [4.69, 9.17) is 14.9 Å². The molecule has 2 atom stereocenters. The van der Waals surface area contributed by atoms with Crippen molar-refractivity contribution in [3.63, 3.8) is 0 Å². The Kier molecular flexibility index (Phi) is 7.15. The first-order valence-electron chi connectivity index (χ1n) is 8.00. The van der Waals surface area contributed by atoms with Crippen LogP contribution >= 0.6 is 23.7 Å². The molecule has 0 spiro atoms. The number of amides is 2. The second kappa shape index (κ2) is 9.13. The van der Waals surface area contributed by atoms with Crippen LogP contribution < -0.4 is 16.4 Å². The third-order valence-corrected chi connectivity index (χ3v) is 4.58. The summed E-state index contributed by atoms with van der Waals surface area (Å²) in [7, 11) is 0. The van der Waals surface area contributed by atoms with Crippen LogP contribution in [0.25, 0.3) is 11.5 Å². The number of furan rings is 1. The van der Waals surface area contributed by atoms with Crippen molar-refractivity contribution in [1.29, 1.82) is 0 Å². The monoisotopic (exact) mass is 400 g/mol. The van der Waals surface area contributed by atoms with Gasteiger partial charge in [0.1, 0.15) is 17.6 Å². The molecule has 4 N–H and O–H groups in total.